The van der Waals surface area contributed by atoms with Gasteiger partial charge < -0.3 is 9.64 Å². The number of methoxy groups -OCH3 is 1. The van der Waals surface area contributed by atoms with Gasteiger partial charge in [0.1, 0.15) is 11.2 Å². The van der Waals surface area contributed by atoms with Gasteiger partial charge in [-0.15, -0.1) is 0 Å². The van der Waals surface area contributed by atoms with Crippen LogP contribution in [0.15, 0.2) is 53.0 Å². The number of benzene rings is 1. The minimum Gasteiger partial charge on any atom is -0.481 e. The van der Waals surface area contributed by atoms with E-state index >= 15 is 0 Å². The number of hydrogen-bond acceptors (Lipinski definition) is 6. The van der Waals surface area contributed by atoms with Crippen molar-refractivity contribution in [3.05, 3.63) is 59.4 Å². The number of sulfone groups is 1. The number of rotatable bonds is 7. The van der Waals surface area contributed by atoms with Gasteiger partial charge in [0, 0.05) is 11.5 Å². The Hall–Kier alpha value is -2.74. The van der Waals surface area contributed by atoms with Crippen molar-refractivity contribution in [3.8, 4) is 5.88 Å². The molecule has 14 heteroatoms. The summed E-state index contributed by atoms with van der Waals surface area (Å²) in [5.74, 6) is -0.789. The van der Waals surface area contributed by atoms with Crippen LogP contribution in [0.25, 0.3) is 0 Å². The van der Waals surface area contributed by atoms with Gasteiger partial charge in [0.25, 0.3) is 0 Å². The lowest BCUT2D eigenvalue weighted by Crippen LogP contribution is -2.41. The maximum atomic E-state index is 12.9. The fourth-order valence-corrected chi connectivity index (χ4v) is 4.98. The highest BCUT2D eigenvalue weighted by atomic mass is 32.5. The molecular weight excluding hydrogens is 481 g/mol. The highest BCUT2D eigenvalue weighted by Gasteiger charge is 2.65. The molecule has 0 spiro atoms. The third-order valence-corrected chi connectivity index (χ3v) is 7.14. The van der Waals surface area contributed by atoms with Gasteiger partial charge in [-0.3, -0.25) is 4.79 Å². The third-order valence-electron chi connectivity index (χ3n) is 4.60. The largest absolute Gasteiger partial charge is 0.481 e. The number of amides is 1. The molecule has 1 amide bonds. The Bertz CT molecular complexity index is 1170. The van der Waals surface area contributed by atoms with E-state index in [1.165, 1.54) is 30.5 Å². The second-order valence-corrected chi connectivity index (χ2v) is 11.4. The average molecular weight is 499 g/mol. The molecule has 7 nitrogen and oxygen atoms in total. The molecule has 0 fully saturated rings. The van der Waals surface area contributed by atoms with E-state index in [4.69, 9.17) is 4.74 Å². The minimum absolute atomic E-state index is 0.0516. The van der Waals surface area contributed by atoms with Crippen LogP contribution in [-0.2, 0) is 27.6 Å². The number of halogens is 5. The van der Waals surface area contributed by atoms with Crippen LogP contribution in [0.1, 0.15) is 11.3 Å². The van der Waals surface area contributed by atoms with Crippen LogP contribution >= 0.6 is 10.2 Å². The molecule has 1 aliphatic rings. The monoisotopic (exact) mass is 499 g/mol. The molecule has 0 aliphatic carbocycles. The van der Waals surface area contributed by atoms with Crippen LogP contribution in [0.4, 0.5) is 19.4 Å². The molecule has 1 aromatic heterocycles. The Kier molecular flexibility index (Phi) is 5.53. The SMILES string of the molecule is COc1cc(CN(C(=O)Cc2ccc(S(F)(F)(F)(F)F)cc2)C2C=CS(=O)(=O)C2)ncn1. The van der Waals surface area contributed by atoms with E-state index in [-0.39, 0.29) is 35.9 Å². The maximum absolute atomic E-state index is 12.9. The van der Waals surface area contributed by atoms with Crippen molar-refractivity contribution < 1.29 is 37.4 Å². The zero-order valence-corrected chi connectivity index (χ0v) is 18.1. The van der Waals surface area contributed by atoms with E-state index in [0.29, 0.717) is 5.69 Å². The van der Waals surface area contributed by atoms with Crippen LogP contribution in [0.2, 0.25) is 0 Å². The lowest BCUT2D eigenvalue weighted by molar-refractivity contribution is -0.132. The number of hydrogen-bond donors (Lipinski definition) is 0. The summed E-state index contributed by atoms with van der Waals surface area (Å²) in [5, 5.41) is 0.974. The summed E-state index contributed by atoms with van der Waals surface area (Å²) >= 11 is 0. The highest BCUT2D eigenvalue weighted by Crippen LogP contribution is 3.02. The predicted octanol–water partition coefficient (Wildman–Crippen LogP) is 4.02. The molecule has 1 aliphatic heterocycles. The summed E-state index contributed by atoms with van der Waals surface area (Å²) in [6, 6.07) is 2.64. The number of aromatic nitrogens is 2. The van der Waals surface area contributed by atoms with Crippen LogP contribution in [0.5, 0.6) is 5.88 Å². The Morgan fingerprint density at radius 3 is 2.34 bits per heavy atom. The van der Waals surface area contributed by atoms with Gasteiger partial charge in [0.2, 0.25) is 11.8 Å². The molecule has 176 valence electrons. The van der Waals surface area contributed by atoms with Gasteiger partial charge in [-0.1, -0.05) is 31.6 Å². The van der Waals surface area contributed by atoms with Gasteiger partial charge in [-0.2, -0.15) is 0 Å². The predicted molar refractivity (Wildman–Crippen MR) is 107 cm³/mol. The molecule has 1 unspecified atom stereocenters. The second kappa shape index (κ2) is 7.40. The fourth-order valence-electron chi connectivity index (χ4n) is 3.03. The third kappa shape index (κ3) is 5.94. The normalized spacial score (nSPS) is 19.8. The van der Waals surface area contributed by atoms with Crippen molar-refractivity contribution >= 4 is 26.0 Å². The Morgan fingerprint density at radius 2 is 1.81 bits per heavy atom. The summed E-state index contributed by atoms with van der Waals surface area (Å²) < 4.78 is 93.1. The minimum atomic E-state index is -9.82. The van der Waals surface area contributed by atoms with Crippen molar-refractivity contribution in [2.24, 2.45) is 0 Å². The molecule has 2 aromatic rings. The fraction of sp³-hybridized carbons (Fsp3) is 0.278. The smallest absolute Gasteiger partial charge is 0.310 e. The molecule has 0 N–H and O–H groups in total. The molecule has 1 aromatic carbocycles. The Balaban J connectivity index is 1.85. The van der Waals surface area contributed by atoms with Gasteiger partial charge >= 0.3 is 10.2 Å². The first-order valence-electron chi connectivity index (χ1n) is 8.95. The molecule has 0 bridgehead atoms. The highest BCUT2D eigenvalue weighted by molar-refractivity contribution is 8.45. The summed E-state index contributed by atoms with van der Waals surface area (Å²) in [7, 11) is -12.0. The lowest BCUT2D eigenvalue weighted by Gasteiger charge is -2.40. The zero-order valence-electron chi connectivity index (χ0n) is 16.5. The second-order valence-electron chi connectivity index (χ2n) is 7.09. The first-order valence-corrected chi connectivity index (χ1v) is 12.6. The number of carbonyl (C=O) groups excluding carboxylic acids is 1. The van der Waals surface area contributed by atoms with Gasteiger partial charge in [0.15, 0.2) is 9.84 Å². The molecule has 2 heterocycles. The van der Waals surface area contributed by atoms with Crippen LogP contribution in [0, 0.1) is 0 Å². The molecule has 0 radical (unpaired) electrons. The quantitative estimate of drug-likeness (QED) is 0.535. The van der Waals surface area contributed by atoms with E-state index in [9.17, 15) is 32.6 Å². The van der Waals surface area contributed by atoms with Crippen molar-refractivity contribution in [1.29, 1.82) is 0 Å². The zero-order chi connectivity index (χ0) is 23.8. The Morgan fingerprint density at radius 1 is 1.16 bits per heavy atom. The molecule has 0 saturated heterocycles. The molecule has 0 saturated carbocycles. The topological polar surface area (TPSA) is 89.5 Å². The average Bonchev–Trinajstić information content (AvgIpc) is 3.04. The van der Waals surface area contributed by atoms with E-state index in [1.807, 2.05) is 0 Å². The van der Waals surface area contributed by atoms with Gasteiger partial charge in [-0.05, 0) is 23.8 Å². The first-order chi connectivity index (χ1) is 14.6. The van der Waals surface area contributed by atoms with Crippen molar-refractivity contribution in [3.63, 3.8) is 0 Å². The summed E-state index contributed by atoms with van der Waals surface area (Å²) in [5.41, 5.74) is 0.384. The molecule has 3 rings (SSSR count). The van der Waals surface area contributed by atoms with Crippen molar-refractivity contribution in [1.82, 2.24) is 14.9 Å². The van der Waals surface area contributed by atoms with E-state index in [0.717, 1.165) is 17.5 Å². The van der Waals surface area contributed by atoms with Gasteiger partial charge in [0.05, 0.1) is 37.6 Å². The van der Waals surface area contributed by atoms with Crippen LogP contribution in [-0.4, -0.2) is 48.1 Å². The Labute approximate surface area is 180 Å². The lowest BCUT2D eigenvalue weighted by atomic mass is 10.1. The number of carbonyl (C=O) groups is 1. The number of nitrogens with zero attached hydrogens (tertiary/aromatic N) is 3. The molecule has 1 atom stereocenters. The number of ether oxygens (including phenoxy) is 1. The standard InChI is InChI=1S/C18H18F5N3O4S2/c1-30-17-9-14(24-12-25-17)10-26(15-6-7-31(28,29)11-15)18(27)8-13-2-4-16(5-3-13)32(19,20,21,22)23/h2-7,9,12,15H,8,10-11H2,1H3. The maximum Gasteiger partial charge on any atom is 0.310 e. The molecule has 32 heavy (non-hydrogen) atoms. The summed E-state index contributed by atoms with van der Waals surface area (Å²) in [6.45, 7) is -0.133. The molecular formula is C18H18F5N3O4S2. The summed E-state index contributed by atoms with van der Waals surface area (Å²) in [4.78, 5) is 19.9. The van der Waals surface area contributed by atoms with Crippen LogP contribution in [0.3, 0.4) is 0 Å². The van der Waals surface area contributed by atoms with Crippen molar-refractivity contribution in [2.75, 3.05) is 12.9 Å². The van der Waals surface area contributed by atoms with E-state index in [1.54, 1.807) is 0 Å². The summed E-state index contributed by atoms with van der Waals surface area (Å²) in [6.07, 6.45) is 2.08. The van der Waals surface area contributed by atoms with Crippen molar-refractivity contribution in [2.45, 2.75) is 23.9 Å². The van der Waals surface area contributed by atoms with E-state index < -0.39 is 43.3 Å². The first kappa shape index (κ1) is 23.9. The van der Waals surface area contributed by atoms with E-state index in [2.05, 4.69) is 9.97 Å². The van der Waals surface area contributed by atoms with Crippen LogP contribution < -0.4 is 4.74 Å². The van der Waals surface area contributed by atoms with Gasteiger partial charge in [-0.25, -0.2) is 18.4 Å².